The molecule has 1 aliphatic carbocycles. The van der Waals surface area contributed by atoms with Gasteiger partial charge in [-0.05, 0) is 42.7 Å². The lowest BCUT2D eigenvalue weighted by atomic mass is 9.96. The number of rotatable bonds is 5. The van der Waals surface area contributed by atoms with E-state index in [4.69, 9.17) is 0 Å². The molecule has 0 amide bonds. The van der Waals surface area contributed by atoms with Gasteiger partial charge in [0.1, 0.15) is 11.3 Å². The Morgan fingerprint density at radius 3 is 2.69 bits per heavy atom. The Hall–Kier alpha value is -3.64. The van der Waals surface area contributed by atoms with E-state index in [0.29, 0.717) is 33.9 Å². The van der Waals surface area contributed by atoms with E-state index in [1.165, 1.54) is 31.2 Å². The highest BCUT2D eigenvalue weighted by atomic mass is 32.2. The Morgan fingerprint density at radius 1 is 1.16 bits per heavy atom. The van der Waals surface area contributed by atoms with Crippen molar-refractivity contribution < 1.29 is 12.8 Å². The van der Waals surface area contributed by atoms with Gasteiger partial charge in [-0.25, -0.2) is 17.8 Å². The van der Waals surface area contributed by atoms with Crippen LogP contribution in [0.15, 0.2) is 53.8 Å². The number of hydrogen-bond acceptors (Lipinski definition) is 6. The van der Waals surface area contributed by atoms with Crippen LogP contribution in [0.25, 0.3) is 33.4 Å². The van der Waals surface area contributed by atoms with Gasteiger partial charge in [0.2, 0.25) is 0 Å². The summed E-state index contributed by atoms with van der Waals surface area (Å²) in [6, 6.07) is 11.2. The van der Waals surface area contributed by atoms with Crippen LogP contribution in [-0.4, -0.2) is 33.9 Å². The van der Waals surface area contributed by atoms with Crippen LogP contribution in [0.4, 0.5) is 4.39 Å². The average Bonchev–Trinajstić information content (AvgIpc) is 3.57. The molecule has 2 aromatic heterocycles. The van der Waals surface area contributed by atoms with E-state index in [0.717, 1.165) is 12.8 Å². The average molecular weight is 447 g/mol. The zero-order valence-corrected chi connectivity index (χ0v) is 18.0. The fraction of sp³-hybridized carbons (Fsp3) is 0.217. The van der Waals surface area contributed by atoms with Gasteiger partial charge in [-0.2, -0.15) is 10.4 Å². The van der Waals surface area contributed by atoms with Gasteiger partial charge >= 0.3 is 0 Å². The molecule has 7 nitrogen and oxygen atoms in total. The number of halogens is 1. The maximum atomic E-state index is 14.8. The number of hydrogen-bond donors (Lipinski definition) is 0. The van der Waals surface area contributed by atoms with E-state index in [9.17, 15) is 18.1 Å². The molecule has 0 atom stereocenters. The summed E-state index contributed by atoms with van der Waals surface area (Å²) >= 11 is 0. The second kappa shape index (κ2) is 7.50. The van der Waals surface area contributed by atoms with Gasteiger partial charge in [-0.15, -0.1) is 5.10 Å². The number of aromatic nitrogens is 4. The zero-order valence-electron chi connectivity index (χ0n) is 17.2. The largest absolute Gasteiger partial charge is 0.311 e. The molecule has 1 fully saturated rings. The molecule has 0 radical (unpaired) electrons. The smallest absolute Gasteiger partial charge is 0.183 e. The molecule has 5 rings (SSSR count). The molecule has 0 saturated heterocycles. The van der Waals surface area contributed by atoms with Crippen molar-refractivity contribution in [2.75, 3.05) is 5.75 Å². The third-order valence-electron chi connectivity index (χ3n) is 5.72. The Kier molecular flexibility index (Phi) is 4.75. The van der Waals surface area contributed by atoms with Gasteiger partial charge in [-0.3, -0.25) is 0 Å². The summed E-state index contributed by atoms with van der Waals surface area (Å²) in [5.74, 6) is -0.599. The molecule has 0 unspecified atom stereocenters. The van der Waals surface area contributed by atoms with Gasteiger partial charge in [0, 0.05) is 22.7 Å². The van der Waals surface area contributed by atoms with Gasteiger partial charge in [0.05, 0.1) is 34.8 Å². The number of nitriles is 1. The predicted molar refractivity (Wildman–Crippen MR) is 117 cm³/mol. The fourth-order valence-electron chi connectivity index (χ4n) is 3.79. The van der Waals surface area contributed by atoms with E-state index >= 15 is 0 Å². The van der Waals surface area contributed by atoms with Gasteiger partial charge in [0.15, 0.2) is 15.5 Å². The monoisotopic (exact) mass is 447 g/mol. The quantitative estimate of drug-likeness (QED) is 0.452. The molecule has 0 aliphatic heterocycles. The lowest BCUT2D eigenvalue weighted by Crippen LogP contribution is -2.04. The Balaban J connectivity index is 1.65. The van der Waals surface area contributed by atoms with Crippen LogP contribution in [0.3, 0.4) is 0 Å². The van der Waals surface area contributed by atoms with Crippen LogP contribution in [0.2, 0.25) is 0 Å². The molecule has 32 heavy (non-hydrogen) atoms. The van der Waals surface area contributed by atoms with E-state index in [1.807, 2.05) is 10.6 Å². The number of fused-ring (bicyclic) bond motifs is 1. The second-order valence-electron chi connectivity index (χ2n) is 7.73. The van der Waals surface area contributed by atoms with Gasteiger partial charge in [-0.1, -0.05) is 19.1 Å². The highest BCUT2D eigenvalue weighted by molar-refractivity contribution is 7.91. The van der Waals surface area contributed by atoms with Crippen LogP contribution >= 0.6 is 0 Å². The van der Waals surface area contributed by atoms with Crippen molar-refractivity contribution in [3.05, 3.63) is 60.3 Å². The summed E-state index contributed by atoms with van der Waals surface area (Å²) < 4.78 is 41.2. The molecular weight excluding hydrogens is 429 g/mol. The van der Waals surface area contributed by atoms with Crippen molar-refractivity contribution in [1.29, 1.82) is 5.26 Å². The first-order chi connectivity index (χ1) is 15.4. The summed E-state index contributed by atoms with van der Waals surface area (Å²) in [7, 11) is -3.49. The normalized spacial score (nSPS) is 13.9. The minimum Gasteiger partial charge on any atom is -0.311 e. The predicted octanol–water partition coefficient (Wildman–Crippen LogP) is 4.30. The summed E-state index contributed by atoms with van der Waals surface area (Å²) in [6.07, 6.45) is 5.51. The number of imidazole rings is 1. The highest BCUT2D eigenvalue weighted by Gasteiger charge is 2.26. The van der Waals surface area contributed by atoms with Crippen molar-refractivity contribution in [2.45, 2.75) is 30.7 Å². The molecule has 0 N–H and O–H groups in total. The Morgan fingerprint density at radius 2 is 1.97 bits per heavy atom. The van der Waals surface area contributed by atoms with E-state index in [2.05, 4.69) is 15.2 Å². The molecular formula is C23H18FN5O2S. The number of nitrogens with zero attached hydrogens (tertiary/aromatic N) is 5. The standard InChI is InChI=1S/C23H18FN5O2S/c1-2-32(30,31)17-6-7-18(15(9-17)11-25)19-10-14(3-8-21(19)24)20-12-27-28-23-22(20)26-13-29(23)16-4-5-16/h3,6-10,12-13,16H,2,4-5H2,1H3. The highest BCUT2D eigenvalue weighted by Crippen LogP contribution is 2.38. The van der Waals surface area contributed by atoms with Crippen LogP contribution in [0.1, 0.15) is 31.4 Å². The summed E-state index contributed by atoms with van der Waals surface area (Å²) in [6.45, 7) is 1.53. The maximum Gasteiger partial charge on any atom is 0.183 e. The first-order valence-corrected chi connectivity index (χ1v) is 11.8. The van der Waals surface area contributed by atoms with E-state index < -0.39 is 15.7 Å². The summed E-state index contributed by atoms with van der Waals surface area (Å²) in [5, 5.41) is 18.0. The van der Waals surface area contributed by atoms with Gasteiger partial charge in [0.25, 0.3) is 0 Å². The Labute approximate surface area is 184 Å². The van der Waals surface area contributed by atoms with Crippen LogP contribution in [-0.2, 0) is 9.84 Å². The van der Waals surface area contributed by atoms with Crippen molar-refractivity contribution in [2.24, 2.45) is 0 Å². The van der Waals surface area contributed by atoms with Crippen LogP contribution in [0, 0.1) is 17.1 Å². The van der Waals surface area contributed by atoms with Crippen molar-refractivity contribution in [1.82, 2.24) is 19.7 Å². The second-order valence-corrected chi connectivity index (χ2v) is 10.0. The molecule has 2 aromatic carbocycles. The minimum atomic E-state index is -3.49. The first kappa shape index (κ1) is 20.3. The Bertz CT molecular complexity index is 1520. The first-order valence-electron chi connectivity index (χ1n) is 10.2. The SMILES string of the molecule is CCS(=O)(=O)c1ccc(-c2cc(-c3cnnc4c3ncn4C3CC3)ccc2F)c(C#N)c1. The van der Waals surface area contributed by atoms with Crippen LogP contribution in [0.5, 0.6) is 0 Å². The molecule has 2 heterocycles. The summed E-state index contributed by atoms with van der Waals surface area (Å²) in [5.41, 5.74) is 3.36. The third kappa shape index (κ3) is 3.33. The molecule has 1 aliphatic rings. The van der Waals surface area contributed by atoms with Crippen LogP contribution < -0.4 is 0 Å². The van der Waals surface area contributed by atoms with E-state index in [-0.39, 0.29) is 21.8 Å². The number of sulfone groups is 1. The third-order valence-corrected chi connectivity index (χ3v) is 7.45. The fourth-order valence-corrected chi connectivity index (χ4v) is 4.69. The molecule has 160 valence electrons. The van der Waals surface area contributed by atoms with Crippen molar-refractivity contribution in [3.8, 4) is 28.3 Å². The molecule has 4 aromatic rings. The topological polar surface area (TPSA) is 102 Å². The van der Waals surface area contributed by atoms with Crippen molar-refractivity contribution in [3.63, 3.8) is 0 Å². The molecule has 9 heteroatoms. The minimum absolute atomic E-state index is 0.0440. The zero-order chi connectivity index (χ0) is 22.5. The lowest BCUT2D eigenvalue weighted by Gasteiger charge is -2.11. The van der Waals surface area contributed by atoms with Gasteiger partial charge < -0.3 is 4.57 Å². The number of benzene rings is 2. The molecule has 1 saturated carbocycles. The van der Waals surface area contributed by atoms with Crippen molar-refractivity contribution >= 4 is 21.0 Å². The lowest BCUT2D eigenvalue weighted by molar-refractivity contribution is 0.597. The summed E-state index contributed by atoms with van der Waals surface area (Å²) in [4.78, 5) is 4.55. The molecule has 0 bridgehead atoms. The molecule has 0 spiro atoms. The maximum absolute atomic E-state index is 14.8. The van der Waals surface area contributed by atoms with E-state index in [1.54, 1.807) is 24.7 Å².